The molecule has 7 heteroatoms. The first-order chi connectivity index (χ1) is 9.65. The molecule has 6 nitrogen and oxygen atoms in total. The van der Waals surface area contributed by atoms with Gasteiger partial charge < -0.3 is 15.2 Å². The van der Waals surface area contributed by atoms with Gasteiger partial charge in [-0.15, -0.1) is 10.2 Å². The van der Waals surface area contributed by atoms with Crippen LogP contribution in [0.1, 0.15) is 36.6 Å². The van der Waals surface area contributed by atoms with Gasteiger partial charge >= 0.3 is 0 Å². The summed E-state index contributed by atoms with van der Waals surface area (Å²) in [5.74, 6) is -2.37. The Morgan fingerprint density at radius 1 is 1.20 bits per heavy atom. The highest BCUT2D eigenvalue weighted by Crippen LogP contribution is 2.42. The van der Waals surface area contributed by atoms with Crippen LogP contribution in [-0.4, -0.2) is 22.1 Å². The van der Waals surface area contributed by atoms with Crippen molar-refractivity contribution in [2.75, 3.05) is 5.32 Å². The minimum atomic E-state index is -1.18. The van der Waals surface area contributed by atoms with Gasteiger partial charge in [0.15, 0.2) is 0 Å². The number of nitrogens with one attached hydrogen (secondary N) is 1. The van der Waals surface area contributed by atoms with Crippen molar-refractivity contribution in [2.24, 2.45) is 11.8 Å². The van der Waals surface area contributed by atoms with Crippen molar-refractivity contribution in [1.29, 1.82) is 0 Å². The topological polar surface area (TPSA) is 95.0 Å². The summed E-state index contributed by atoms with van der Waals surface area (Å²) in [6, 6.07) is 0. The fraction of sp³-hybridized carbons (Fsp3) is 0.538. The van der Waals surface area contributed by atoms with Gasteiger partial charge in [-0.25, -0.2) is 0 Å². The largest absolute Gasteiger partial charge is 0.550 e. The number of hydrogen-bond donors (Lipinski definition) is 1. The normalized spacial score (nSPS) is 25.4. The van der Waals surface area contributed by atoms with Crippen molar-refractivity contribution in [3.8, 4) is 0 Å². The molecule has 20 heavy (non-hydrogen) atoms. The number of rotatable bonds is 4. The number of anilines is 1. The summed E-state index contributed by atoms with van der Waals surface area (Å²) in [7, 11) is 0. The van der Waals surface area contributed by atoms with Crippen molar-refractivity contribution >= 4 is 28.3 Å². The lowest BCUT2D eigenvalue weighted by Crippen LogP contribution is -2.41. The number of nitrogens with zero attached hydrogens (tertiary/aromatic N) is 2. The van der Waals surface area contributed by atoms with Crippen LogP contribution < -0.4 is 10.4 Å². The van der Waals surface area contributed by atoms with Crippen LogP contribution in [0.3, 0.4) is 0 Å². The molecule has 2 aliphatic rings. The zero-order valence-corrected chi connectivity index (χ0v) is 11.6. The van der Waals surface area contributed by atoms with Crippen molar-refractivity contribution in [3.05, 3.63) is 17.2 Å². The molecular weight excluding hydrogens is 278 g/mol. The Kier molecular flexibility index (Phi) is 3.52. The fourth-order valence-corrected chi connectivity index (χ4v) is 3.26. The van der Waals surface area contributed by atoms with Gasteiger partial charge in [0.25, 0.3) is 0 Å². The van der Waals surface area contributed by atoms with Gasteiger partial charge in [-0.2, -0.15) is 0 Å². The number of aliphatic carboxylic acids is 1. The maximum Gasteiger partial charge on any atom is 0.230 e. The summed E-state index contributed by atoms with van der Waals surface area (Å²) in [4.78, 5) is 23.3. The zero-order valence-electron chi connectivity index (χ0n) is 10.7. The van der Waals surface area contributed by atoms with Crippen molar-refractivity contribution < 1.29 is 14.7 Å². The molecule has 1 amide bonds. The molecule has 1 heterocycles. The lowest BCUT2D eigenvalue weighted by Gasteiger charge is -2.27. The molecule has 1 saturated carbocycles. The number of carbonyl (C=O) groups is 2. The molecule has 0 saturated heterocycles. The van der Waals surface area contributed by atoms with Crippen molar-refractivity contribution in [2.45, 2.75) is 31.6 Å². The van der Waals surface area contributed by atoms with Gasteiger partial charge in [-0.3, -0.25) is 4.79 Å². The predicted octanol–water partition coefficient (Wildman–Crippen LogP) is 0.686. The number of carbonyl (C=O) groups excluding carboxylic acids is 2. The van der Waals surface area contributed by atoms with Gasteiger partial charge in [-0.1, -0.05) is 23.5 Å². The van der Waals surface area contributed by atoms with Crippen LogP contribution in [0.15, 0.2) is 12.2 Å². The number of amides is 1. The minimum Gasteiger partial charge on any atom is -0.550 e. The second kappa shape index (κ2) is 5.32. The van der Waals surface area contributed by atoms with Gasteiger partial charge in [0.2, 0.25) is 11.0 Å². The standard InChI is InChI=1S/C13H15N3O3S/c17-10(8-3-1-2-4-9(8)12(18)19)14-13-16-15-11(20-13)7-5-6-7/h1-2,7-9H,3-6H2,(H,18,19)(H,14,16,17)/p-1/t8-,9+/m0/s1. The second-order valence-corrected chi connectivity index (χ2v) is 6.19. The van der Waals surface area contributed by atoms with E-state index in [1.54, 1.807) is 6.08 Å². The van der Waals surface area contributed by atoms with E-state index in [1.165, 1.54) is 11.3 Å². The number of carboxylic acid groups (broad SMARTS) is 1. The molecule has 106 valence electrons. The molecule has 0 aliphatic heterocycles. The quantitative estimate of drug-likeness (QED) is 0.824. The average Bonchev–Trinajstić information content (AvgIpc) is 3.19. The second-order valence-electron chi connectivity index (χ2n) is 5.18. The van der Waals surface area contributed by atoms with E-state index in [0.717, 1.165) is 17.8 Å². The molecule has 1 aromatic rings. The van der Waals surface area contributed by atoms with Crippen LogP contribution in [0, 0.1) is 11.8 Å². The monoisotopic (exact) mass is 292 g/mol. The summed E-state index contributed by atoms with van der Waals surface area (Å²) >= 11 is 1.37. The minimum absolute atomic E-state index is 0.318. The Morgan fingerprint density at radius 3 is 2.55 bits per heavy atom. The summed E-state index contributed by atoms with van der Waals surface area (Å²) in [5.41, 5.74) is 0. The van der Waals surface area contributed by atoms with E-state index >= 15 is 0 Å². The number of hydrogen-bond acceptors (Lipinski definition) is 6. The first-order valence-electron chi connectivity index (χ1n) is 6.65. The molecule has 0 unspecified atom stereocenters. The number of aromatic nitrogens is 2. The Bertz CT molecular complexity index is 565. The Hall–Kier alpha value is -1.76. The Balaban J connectivity index is 1.67. The van der Waals surface area contributed by atoms with Crippen LogP contribution in [0.5, 0.6) is 0 Å². The lowest BCUT2D eigenvalue weighted by atomic mass is 9.82. The Morgan fingerprint density at radius 2 is 1.90 bits per heavy atom. The average molecular weight is 292 g/mol. The lowest BCUT2D eigenvalue weighted by molar-refractivity contribution is -0.313. The van der Waals surface area contributed by atoms with E-state index in [9.17, 15) is 14.7 Å². The molecular formula is C13H14N3O3S-. The van der Waals surface area contributed by atoms with Crippen LogP contribution >= 0.6 is 11.3 Å². The molecule has 1 N–H and O–H groups in total. The van der Waals surface area contributed by atoms with Crippen molar-refractivity contribution in [3.63, 3.8) is 0 Å². The molecule has 0 spiro atoms. The summed E-state index contributed by atoms with van der Waals surface area (Å²) < 4.78 is 0. The third-order valence-electron chi connectivity index (χ3n) is 3.67. The van der Waals surface area contributed by atoms with E-state index in [2.05, 4.69) is 15.5 Å². The third-order valence-corrected chi connectivity index (χ3v) is 4.67. The number of carboxylic acids is 1. The smallest absolute Gasteiger partial charge is 0.230 e. The maximum absolute atomic E-state index is 12.2. The first kappa shape index (κ1) is 13.2. The summed E-state index contributed by atoms with van der Waals surface area (Å²) in [6.45, 7) is 0. The van der Waals surface area contributed by atoms with Crippen LogP contribution in [0.2, 0.25) is 0 Å². The zero-order chi connectivity index (χ0) is 14.1. The van der Waals surface area contributed by atoms with E-state index in [-0.39, 0.29) is 5.91 Å². The van der Waals surface area contributed by atoms with Gasteiger partial charge in [0.05, 0.1) is 5.92 Å². The summed E-state index contributed by atoms with van der Waals surface area (Å²) in [6.07, 6.45) is 6.62. The predicted molar refractivity (Wildman–Crippen MR) is 70.9 cm³/mol. The highest BCUT2D eigenvalue weighted by molar-refractivity contribution is 7.15. The molecule has 2 aliphatic carbocycles. The van der Waals surface area contributed by atoms with E-state index in [0.29, 0.717) is 23.9 Å². The third kappa shape index (κ3) is 2.72. The number of allylic oxidation sites excluding steroid dienone is 2. The molecule has 2 atom stereocenters. The highest BCUT2D eigenvalue weighted by atomic mass is 32.1. The molecule has 0 bridgehead atoms. The first-order valence-corrected chi connectivity index (χ1v) is 7.47. The fourth-order valence-electron chi connectivity index (χ4n) is 2.34. The highest BCUT2D eigenvalue weighted by Gasteiger charge is 2.31. The van der Waals surface area contributed by atoms with Gasteiger partial charge in [0, 0.05) is 17.8 Å². The van der Waals surface area contributed by atoms with Crippen molar-refractivity contribution in [1.82, 2.24) is 10.2 Å². The SMILES string of the molecule is O=C(Nc1nnc(C2CC2)s1)[C@H]1CC=CC[C@H]1C(=O)[O-]. The van der Waals surface area contributed by atoms with Crippen LogP contribution in [0.25, 0.3) is 0 Å². The van der Waals surface area contributed by atoms with E-state index in [1.807, 2.05) is 6.08 Å². The molecule has 1 fully saturated rings. The van der Waals surface area contributed by atoms with Gasteiger partial charge in [-0.05, 0) is 25.7 Å². The molecule has 0 aromatic carbocycles. The van der Waals surface area contributed by atoms with Gasteiger partial charge in [0.1, 0.15) is 5.01 Å². The molecule has 3 rings (SSSR count). The Labute approximate surface area is 119 Å². The molecule has 1 aromatic heterocycles. The molecule has 0 radical (unpaired) electrons. The summed E-state index contributed by atoms with van der Waals surface area (Å²) in [5, 5.41) is 23.1. The van der Waals surface area contributed by atoms with Crippen LogP contribution in [0.4, 0.5) is 5.13 Å². The maximum atomic E-state index is 12.2. The van der Waals surface area contributed by atoms with Crippen LogP contribution in [-0.2, 0) is 9.59 Å². The van der Waals surface area contributed by atoms with E-state index in [4.69, 9.17) is 0 Å². The van der Waals surface area contributed by atoms with E-state index < -0.39 is 17.8 Å².